The van der Waals surface area contributed by atoms with Crippen molar-refractivity contribution in [3.05, 3.63) is 0 Å². The van der Waals surface area contributed by atoms with E-state index < -0.39 is 0 Å². The summed E-state index contributed by atoms with van der Waals surface area (Å²) in [5, 5.41) is 0. The molecule has 0 unspecified atom stereocenters. The van der Waals surface area contributed by atoms with Crippen LogP contribution in [0.5, 0.6) is 0 Å². The molecule has 0 heterocycles. The minimum absolute atomic E-state index is 0. The molecular weight excluding hydrogens is 266 g/mol. The molecular formula is C20H42FLi. The Balaban J connectivity index is -0.00000200. The molecule has 0 saturated heterocycles. The number of hydrogen-bond acceptors (Lipinski definition) is 0. The van der Waals surface area contributed by atoms with Gasteiger partial charge in [0.2, 0.25) is 0 Å². The van der Waals surface area contributed by atoms with E-state index in [1.165, 1.54) is 103 Å². The van der Waals surface area contributed by atoms with Gasteiger partial charge in [-0.25, -0.2) is 0 Å². The fraction of sp³-hybridized carbons (Fsp3) is 1.00. The maximum absolute atomic E-state index is 11.9. The third-order valence-electron chi connectivity index (χ3n) is 4.49. The summed E-state index contributed by atoms with van der Waals surface area (Å²) in [5.41, 5.74) is 0. The first-order valence-electron chi connectivity index (χ1n) is 9.97. The predicted octanol–water partition coefficient (Wildman–Crippen LogP) is 5.11. The molecule has 0 bridgehead atoms. The summed E-state index contributed by atoms with van der Waals surface area (Å²) in [6.45, 7) is 2.16. The van der Waals surface area contributed by atoms with Gasteiger partial charge in [0.1, 0.15) is 0 Å². The number of unbranched alkanes of at least 4 members (excludes halogenated alkanes) is 17. The molecule has 0 nitrogen and oxygen atoms in total. The zero-order valence-corrected chi connectivity index (χ0v) is 15.8. The Morgan fingerprint density at radius 3 is 0.909 bits per heavy atom. The fourth-order valence-electron chi connectivity index (χ4n) is 3.00. The monoisotopic (exact) mass is 308 g/mol. The van der Waals surface area contributed by atoms with E-state index in [0.717, 1.165) is 12.8 Å². The van der Waals surface area contributed by atoms with Crippen LogP contribution >= 0.6 is 0 Å². The Morgan fingerprint density at radius 1 is 0.455 bits per heavy atom. The quantitative estimate of drug-likeness (QED) is 0.244. The first-order chi connectivity index (χ1) is 10.4. The van der Waals surface area contributed by atoms with Crippen molar-refractivity contribution in [3.63, 3.8) is 0 Å². The largest absolute Gasteiger partial charge is 1.00 e. The summed E-state index contributed by atoms with van der Waals surface area (Å²) in [6, 6.07) is 0. The fourth-order valence-corrected chi connectivity index (χ4v) is 3.00. The smallest absolute Gasteiger partial charge is 1.00 e. The molecule has 0 aliphatic heterocycles. The summed E-state index contributed by atoms with van der Waals surface area (Å²) < 4.78 is 11.9. The van der Waals surface area contributed by atoms with Crippen LogP contribution in [-0.2, 0) is 0 Å². The van der Waals surface area contributed by atoms with Crippen molar-refractivity contribution in [1.29, 1.82) is 0 Å². The van der Waals surface area contributed by atoms with Gasteiger partial charge in [0.05, 0.1) is 6.67 Å². The summed E-state index contributed by atoms with van der Waals surface area (Å²) in [7, 11) is 0. The molecule has 0 aromatic carbocycles. The molecule has 0 fully saturated rings. The van der Waals surface area contributed by atoms with Crippen LogP contribution in [0, 0.1) is 0 Å². The Morgan fingerprint density at radius 2 is 0.682 bits per heavy atom. The van der Waals surface area contributed by atoms with Crippen LogP contribution in [-0.4, -0.2) is 6.67 Å². The molecule has 2 heteroatoms. The van der Waals surface area contributed by atoms with Crippen molar-refractivity contribution >= 4 is 0 Å². The maximum atomic E-state index is 11.9. The SMILES string of the molecule is CCCCCCCCCCCCCCCCCCCCF.[H-].[Li+]. The summed E-state index contributed by atoms with van der Waals surface area (Å²) >= 11 is 0. The second-order valence-corrected chi connectivity index (χ2v) is 6.70. The van der Waals surface area contributed by atoms with Gasteiger partial charge in [-0.15, -0.1) is 0 Å². The standard InChI is InChI=1S/C20H41F.Li.H/c1-2-3-4-5-6-7-8-9-10-11-12-13-14-15-16-17-18-19-20-21;;/h2-20H2,1H3;;/q;+1;-1. The van der Waals surface area contributed by atoms with Crippen LogP contribution in [0.15, 0.2) is 0 Å². The number of alkyl halides is 1. The van der Waals surface area contributed by atoms with Gasteiger partial charge in [0.25, 0.3) is 0 Å². The number of rotatable bonds is 18. The minimum Gasteiger partial charge on any atom is -1.00 e. The zero-order chi connectivity index (χ0) is 15.4. The van der Waals surface area contributed by atoms with Crippen molar-refractivity contribution in [3.8, 4) is 0 Å². The van der Waals surface area contributed by atoms with E-state index >= 15 is 0 Å². The summed E-state index contributed by atoms with van der Waals surface area (Å²) in [4.78, 5) is 0. The van der Waals surface area contributed by atoms with Crippen LogP contribution < -0.4 is 18.9 Å². The molecule has 0 aliphatic rings. The van der Waals surface area contributed by atoms with E-state index in [2.05, 4.69) is 6.92 Å². The van der Waals surface area contributed by atoms with Crippen LogP contribution in [0.25, 0.3) is 0 Å². The molecule has 0 rings (SSSR count). The van der Waals surface area contributed by atoms with E-state index in [-0.39, 0.29) is 27.0 Å². The molecule has 130 valence electrons. The predicted molar refractivity (Wildman–Crippen MR) is 95.9 cm³/mol. The maximum Gasteiger partial charge on any atom is 1.00 e. The van der Waals surface area contributed by atoms with Gasteiger partial charge in [0, 0.05) is 0 Å². The third kappa shape index (κ3) is 22.8. The van der Waals surface area contributed by atoms with Crippen LogP contribution in [0.1, 0.15) is 124 Å². The van der Waals surface area contributed by atoms with Crippen molar-refractivity contribution < 1.29 is 24.7 Å². The van der Waals surface area contributed by atoms with Crippen LogP contribution in [0.4, 0.5) is 4.39 Å². The van der Waals surface area contributed by atoms with Crippen LogP contribution in [0.3, 0.4) is 0 Å². The van der Waals surface area contributed by atoms with Crippen molar-refractivity contribution in [2.24, 2.45) is 0 Å². The summed E-state index contributed by atoms with van der Waals surface area (Å²) in [6.07, 6.45) is 24.5. The molecule has 22 heavy (non-hydrogen) atoms. The van der Waals surface area contributed by atoms with Crippen molar-refractivity contribution in [2.75, 3.05) is 6.67 Å². The second kappa shape index (κ2) is 23.8. The molecule has 0 aliphatic carbocycles. The first kappa shape index (κ1) is 24.8. The van der Waals surface area contributed by atoms with Crippen molar-refractivity contribution in [1.82, 2.24) is 0 Å². The summed E-state index contributed by atoms with van der Waals surface area (Å²) in [5.74, 6) is 0. The zero-order valence-electron chi connectivity index (χ0n) is 16.8. The van der Waals surface area contributed by atoms with Crippen molar-refractivity contribution in [2.45, 2.75) is 122 Å². The minimum atomic E-state index is -0.126. The molecule has 0 aromatic heterocycles. The van der Waals surface area contributed by atoms with Gasteiger partial charge in [-0.2, -0.15) is 0 Å². The third-order valence-corrected chi connectivity index (χ3v) is 4.49. The normalized spacial score (nSPS) is 10.6. The van der Waals surface area contributed by atoms with E-state index in [4.69, 9.17) is 0 Å². The Bertz CT molecular complexity index is 161. The first-order valence-corrected chi connectivity index (χ1v) is 9.97. The van der Waals surface area contributed by atoms with E-state index in [1.54, 1.807) is 0 Å². The Hall–Kier alpha value is 0.527. The number of hydrogen-bond donors (Lipinski definition) is 0. The van der Waals surface area contributed by atoms with E-state index in [0.29, 0.717) is 0 Å². The van der Waals surface area contributed by atoms with Gasteiger partial charge >= 0.3 is 18.9 Å². The van der Waals surface area contributed by atoms with Gasteiger partial charge in [0.15, 0.2) is 0 Å². The Labute approximate surface area is 154 Å². The van der Waals surface area contributed by atoms with Gasteiger partial charge in [-0.1, -0.05) is 116 Å². The molecule has 0 atom stereocenters. The molecule has 0 radical (unpaired) electrons. The molecule has 0 saturated carbocycles. The average Bonchev–Trinajstić information content (AvgIpc) is 2.50. The van der Waals surface area contributed by atoms with Gasteiger partial charge < -0.3 is 1.43 Å². The Kier molecular flexibility index (Phi) is 26.8. The molecule has 0 N–H and O–H groups in total. The molecule has 0 amide bonds. The van der Waals surface area contributed by atoms with Crippen LogP contribution in [0.2, 0.25) is 0 Å². The molecule has 0 aromatic rings. The van der Waals surface area contributed by atoms with Gasteiger partial charge in [-0.3, -0.25) is 4.39 Å². The van der Waals surface area contributed by atoms with E-state index in [9.17, 15) is 4.39 Å². The second-order valence-electron chi connectivity index (χ2n) is 6.70. The number of halogens is 1. The van der Waals surface area contributed by atoms with Gasteiger partial charge in [-0.05, 0) is 6.42 Å². The molecule has 0 spiro atoms. The van der Waals surface area contributed by atoms with E-state index in [1.807, 2.05) is 0 Å². The topological polar surface area (TPSA) is 0 Å². The average molecular weight is 308 g/mol.